The van der Waals surface area contributed by atoms with Gasteiger partial charge in [-0.3, -0.25) is 4.79 Å². The number of halogens is 1. The summed E-state index contributed by atoms with van der Waals surface area (Å²) in [5, 5.41) is 11.1. The van der Waals surface area contributed by atoms with Crippen molar-refractivity contribution in [2.45, 2.75) is 13.8 Å². The largest absolute Gasteiger partial charge is 0.478 e. The maximum Gasteiger partial charge on any atom is 0.328 e. The maximum absolute atomic E-state index is 13.5. The van der Waals surface area contributed by atoms with Crippen LogP contribution < -0.4 is 5.32 Å². The van der Waals surface area contributed by atoms with Crippen LogP contribution >= 0.6 is 0 Å². The molecule has 0 aliphatic rings. The quantitative estimate of drug-likeness (QED) is 0.803. The van der Waals surface area contributed by atoms with Gasteiger partial charge in [-0.1, -0.05) is 19.9 Å². The Bertz CT molecular complexity index is 509. The third kappa shape index (κ3) is 4.91. The molecule has 0 radical (unpaired) electrons. The molecule has 0 bridgehead atoms. The van der Waals surface area contributed by atoms with Crippen molar-refractivity contribution in [1.29, 1.82) is 0 Å². The Balaban J connectivity index is 2.90. The standard InChI is InChI=1S/C14H16FNO3/c1-9(2)8-16-14(19)11-7-10(3-5-12(11)15)4-6-13(17)18/h3-7,9H,8H2,1-2H3,(H,16,19)(H,17,18)/b6-4+. The molecule has 0 atom stereocenters. The lowest BCUT2D eigenvalue weighted by atomic mass is 10.1. The van der Waals surface area contributed by atoms with Gasteiger partial charge in [-0.15, -0.1) is 0 Å². The predicted molar refractivity (Wildman–Crippen MR) is 70.2 cm³/mol. The minimum absolute atomic E-state index is 0.0896. The number of carbonyl (C=O) groups is 2. The second kappa shape index (κ2) is 6.68. The number of nitrogens with one attached hydrogen (secondary N) is 1. The van der Waals surface area contributed by atoms with E-state index in [1.54, 1.807) is 0 Å². The number of benzene rings is 1. The minimum atomic E-state index is -1.10. The Morgan fingerprint density at radius 1 is 1.42 bits per heavy atom. The number of carboxylic acid groups (broad SMARTS) is 1. The highest BCUT2D eigenvalue weighted by Crippen LogP contribution is 2.12. The van der Waals surface area contributed by atoms with Crippen LogP contribution in [-0.2, 0) is 4.79 Å². The summed E-state index contributed by atoms with van der Waals surface area (Å²) in [7, 11) is 0. The Hall–Kier alpha value is -2.17. The van der Waals surface area contributed by atoms with Crippen LogP contribution in [0.2, 0.25) is 0 Å². The molecule has 0 spiro atoms. The smallest absolute Gasteiger partial charge is 0.328 e. The van der Waals surface area contributed by atoms with Crippen LogP contribution in [0.5, 0.6) is 0 Å². The van der Waals surface area contributed by atoms with Gasteiger partial charge in [0, 0.05) is 12.6 Å². The van der Waals surface area contributed by atoms with E-state index in [0.29, 0.717) is 12.1 Å². The number of amides is 1. The minimum Gasteiger partial charge on any atom is -0.478 e. The Morgan fingerprint density at radius 3 is 2.68 bits per heavy atom. The van der Waals surface area contributed by atoms with E-state index in [9.17, 15) is 14.0 Å². The number of carbonyl (C=O) groups excluding carboxylic acids is 1. The van der Waals surface area contributed by atoms with Gasteiger partial charge in [0.2, 0.25) is 0 Å². The van der Waals surface area contributed by atoms with Crippen LogP contribution in [-0.4, -0.2) is 23.5 Å². The monoisotopic (exact) mass is 265 g/mol. The molecule has 0 heterocycles. The van der Waals surface area contributed by atoms with E-state index >= 15 is 0 Å². The molecule has 19 heavy (non-hydrogen) atoms. The summed E-state index contributed by atoms with van der Waals surface area (Å²) in [6.45, 7) is 4.32. The molecule has 0 aliphatic heterocycles. The van der Waals surface area contributed by atoms with Crippen molar-refractivity contribution in [3.63, 3.8) is 0 Å². The molecule has 102 valence electrons. The molecule has 2 N–H and O–H groups in total. The van der Waals surface area contributed by atoms with Crippen molar-refractivity contribution in [1.82, 2.24) is 5.32 Å². The fourth-order valence-electron chi connectivity index (χ4n) is 1.38. The molecular formula is C14H16FNO3. The van der Waals surface area contributed by atoms with E-state index in [2.05, 4.69) is 5.32 Å². The SMILES string of the molecule is CC(C)CNC(=O)c1cc(/C=C/C(=O)O)ccc1F. The fourth-order valence-corrected chi connectivity index (χ4v) is 1.38. The Morgan fingerprint density at radius 2 is 2.11 bits per heavy atom. The predicted octanol–water partition coefficient (Wildman–Crippen LogP) is 2.31. The summed E-state index contributed by atoms with van der Waals surface area (Å²) in [6.07, 6.45) is 2.24. The number of carboxylic acids is 1. The summed E-state index contributed by atoms with van der Waals surface area (Å²) in [6, 6.07) is 3.88. The average Bonchev–Trinajstić information content (AvgIpc) is 2.34. The summed E-state index contributed by atoms with van der Waals surface area (Å²) in [5.74, 6) is -1.97. The second-order valence-electron chi connectivity index (χ2n) is 4.51. The molecule has 0 fully saturated rings. The van der Waals surface area contributed by atoms with Crippen LogP contribution in [0.1, 0.15) is 29.8 Å². The van der Waals surface area contributed by atoms with E-state index in [0.717, 1.165) is 12.1 Å². The van der Waals surface area contributed by atoms with Crippen molar-refractivity contribution in [2.24, 2.45) is 5.92 Å². The molecule has 1 aromatic carbocycles. The maximum atomic E-state index is 13.5. The van der Waals surface area contributed by atoms with Crippen molar-refractivity contribution in [2.75, 3.05) is 6.54 Å². The highest BCUT2D eigenvalue weighted by Gasteiger charge is 2.12. The van der Waals surface area contributed by atoms with Crippen molar-refractivity contribution in [3.8, 4) is 0 Å². The molecule has 5 heteroatoms. The molecule has 1 aromatic rings. The normalized spacial score (nSPS) is 10.9. The molecule has 0 saturated carbocycles. The molecule has 0 unspecified atom stereocenters. The fraction of sp³-hybridized carbons (Fsp3) is 0.286. The molecule has 4 nitrogen and oxygen atoms in total. The number of aliphatic carboxylic acids is 1. The van der Waals surface area contributed by atoms with Crippen molar-refractivity contribution < 1.29 is 19.1 Å². The van der Waals surface area contributed by atoms with E-state index in [4.69, 9.17) is 5.11 Å². The zero-order valence-corrected chi connectivity index (χ0v) is 10.8. The lowest BCUT2D eigenvalue weighted by Crippen LogP contribution is -2.28. The van der Waals surface area contributed by atoms with E-state index < -0.39 is 17.7 Å². The molecular weight excluding hydrogens is 249 g/mol. The van der Waals surface area contributed by atoms with Gasteiger partial charge in [-0.2, -0.15) is 0 Å². The van der Waals surface area contributed by atoms with Crippen molar-refractivity contribution >= 4 is 18.0 Å². The molecule has 1 amide bonds. The number of rotatable bonds is 5. The number of hydrogen-bond acceptors (Lipinski definition) is 2. The van der Waals surface area contributed by atoms with E-state index in [1.807, 2.05) is 13.8 Å². The zero-order valence-electron chi connectivity index (χ0n) is 10.8. The van der Waals surface area contributed by atoms with Gasteiger partial charge < -0.3 is 10.4 Å². The third-order valence-electron chi connectivity index (χ3n) is 2.32. The van der Waals surface area contributed by atoms with Crippen LogP contribution in [0, 0.1) is 11.7 Å². The van der Waals surface area contributed by atoms with Gasteiger partial charge >= 0.3 is 5.97 Å². The van der Waals surface area contributed by atoms with Gasteiger partial charge in [-0.25, -0.2) is 9.18 Å². The van der Waals surface area contributed by atoms with Crippen LogP contribution in [0.3, 0.4) is 0 Å². The zero-order chi connectivity index (χ0) is 14.4. The van der Waals surface area contributed by atoms with Gasteiger partial charge in [-0.05, 0) is 29.7 Å². The van der Waals surface area contributed by atoms with Gasteiger partial charge in [0.25, 0.3) is 5.91 Å². The molecule has 0 saturated heterocycles. The summed E-state index contributed by atoms with van der Waals surface area (Å²) in [4.78, 5) is 22.2. The van der Waals surface area contributed by atoms with E-state index in [-0.39, 0.29) is 11.5 Å². The molecule has 1 rings (SSSR count). The molecule has 0 aliphatic carbocycles. The third-order valence-corrected chi connectivity index (χ3v) is 2.32. The number of hydrogen-bond donors (Lipinski definition) is 2. The first-order chi connectivity index (χ1) is 8.90. The van der Waals surface area contributed by atoms with Crippen molar-refractivity contribution in [3.05, 3.63) is 41.2 Å². The van der Waals surface area contributed by atoms with E-state index in [1.165, 1.54) is 18.2 Å². The topological polar surface area (TPSA) is 66.4 Å². The highest BCUT2D eigenvalue weighted by molar-refractivity contribution is 5.95. The highest BCUT2D eigenvalue weighted by atomic mass is 19.1. The second-order valence-corrected chi connectivity index (χ2v) is 4.51. The Kier molecular flexibility index (Phi) is 5.23. The first kappa shape index (κ1) is 14.9. The lowest BCUT2D eigenvalue weighted by Gasteiger charge is -2.08. The van der Waals surface area contributed by atoms with Crippen LogP contribution in [0.25, 0.3) is 6.08 Å². The summed E-state index contributed by atoms with van der Waals surface area (Å²) < 4.78 is 13.5. The Labute approximate surface area is 110 Å². The average molecular weight is 265 g/mol. The first-order valence-corrected chi connectivity index (χ1v) is 5.89. The first-order valence-electron chi connectivity index (χ1n) is 5.89. The van der Waals surface area contributed by atoms with Gasteiger partial charge in [0.05, 0.1) is 5.56 Å². The summed E-state index contributed by atoms with van der Waals surface area (Å²) >= 11 is 0. The van der Waals surface area contributed by atoms with Crippen LogP contribution in [0.15, 0.2) is 24.3 Å². The van der Waals surface area contributed by atoms with Crippen LogP contribution in [0.4, 0.5) is 4.39 Å². The molecule has 0 aromatic heterocycles. The lowest BCUT2D eigenvalue weighted by molar-refractivity contribution is -0.131. The summed E-state index contributed by atoms with van der Waals surface area (Å²) in [5.41, 5.74) is 0.367. The van der Waals surface area contributed by atoms with Gasteiger partial charge in [0.15, 0.2) is 0 Å². The van der Waals surface area contributed by atoms with Gasteiger partial charge in [0.1, 0.15) is 5.82 Å².